The van der Waals surface area contributed by atoms with Gasteiger partial charge in [0.1, 0.15) is 11.8 Å². The molecule has 5 nitrogen and oxygen atoms in total. The van der Waals surface area contributed by atoms with E-state index in [4.69, 9.17) is 9.15 Å². The number of ether oxygens (including phenoxy) is 1. The molecule has 0 aliphatic heterocycles. The number of nitrogens with zero attached hydrogens (tertiary/aromatic N) is 1. The number of benzene rings is 1. The van der Waals surface area contributed by atoms with Gasteiger partial charge >= 0.3 is 0 Å². The molecule has 1 N–H and O–H groups in total. The molecular formula is C16H16BrNO4. The van der Waals surface area contributed by atoms with Crippen LogP contribution in [-0.2, 0) is 6.42 Å². The fourth-order valence-electron chi connectivity index (χ4n) is 2.00. The number of phenolic OH excluding ortho intramolecular Hbond substituents is 1. The van der Waals surface area contributed by atoms with Crippen LogP contribution < -0.4 is 4.74 Å². The van der Waals surface area contributed by atoms with E-state index in [9.17, 15) is 10.0 Å². The lowest BCUT2D eigenvalue weighted by atomic mass is 10.1. The molecule has 1 heterocycles. The van der Waals surface area contributed by atoms with Crippen LogP contribution in [0.5, 0.6) is 11.5 Å². The van der Waals surface area contributed by atoms with Gasteiger partial charge in [0.2, 0.25) is 0 Å². The molecule has 0 amide bonds. The van der Waals surface area contributed by atoms with Gasteiger partial charge in [-0.1, -0.05) is 17.3 Å². The Balaban J connectivity index is 2.05. The number of furan rings is 1. The van der Waals surface area contributed by atoms with Gasteiger partial charge in [0.25, 0.3) is 0 Å². The molecule has 1 atom stereocenters. The lowest BCUT2D eigenvalue weighted by Gasteiger charge is -2.07. The summed E-state index contributed by atoms with van der Waals surface area (Å²) in [6.07, 6.45) is 6.34. The number of aromatic hydroxyl groups is 1. The molecule has 0 bridgehead atoms. The molecule has 0 radical (unpaired) electrons. The normalized spacial score (nSPS) is 12.5. The Bertz CT molecular complexity index is 652. The van der Waals surface area contributed by atoms with Gasteiger partial charge in [0, 0.05) is 6.42 Å². The van der Waals surface area contributed by atoms with E-state index >= 15 is 0 Å². The first kappa shape index (κ1) is 16.3. The van der Waals surface area contributed by atoms with Crippen molar-refractivity contribution in [3.05, 3.63) is 57.3 Å². The molecule has 2 rings (SSSR count). The molecule has 0 saturated heterocycles. The van der Waals surface area contributed by atoms with Crippen LogP contribution in [0.2, 0.25) is 0 Å². The maximum Gasteiger partial charge on any atom is 0.172 e. The van der Waals surface area contributed by atoms with Crippen LogP contribution in [0.4, 0.5) is 0 Å². The van der Waals surface area contributed by atoms with E-state index in [1.165, 1.54) is 7.11 Å². The summed E-state index contributed by atoms with van der Waals surface area (Å²) in [4.78, 5) is 10.9. The van der Waals surface area contributed by atoms with E-state index in [1.54, 1.807) is 30.5 Å². The number of hydrogen-bond donors (Lipinski definition) is 1. The number of phenols is 1. The lowest BCUT2D eigenvalue weighted by molar-refractivity contribution is 0.372. The molecule has 0 spiro atoms. The van der Waals surface area contributed by atoms with E-state index in [2.05, 4.69) is 21.1 Å². The van der Waals surface area contributed by atoms with E-state index < -0.39 is 6.04 Å². The fourth-order valence-corrected chi connectivity index (χ4v) is 2.46. The molecule has 0 aliphatic rings. The van der Waals surface area contributed by atoms with Gasteiger partial charge in [-0.05, 0) is 52.2 Å². The van der Waals surface area contributed by atoms with Gasteiger partial charge in [-0.3, -0.25) is 0 Å². The maximum absolute atomic E-state index is 10.9. The van der Waals surface area contributed by atoms with Gasteiger partial charge in [0.05, 0.1) is 17.8 Å². The third kappa shape index (κ3) is 4.21. The van der Waals surface area contributed by atoms with Gasteiger partial charge in [-0.2, -0.15) is 4.91 Å². The SMILES string of the molecule is COc1cc(C=CC(CCc2ccco2)N=O)cc(Br)c1O. The summed E-state index contributed by atoms with van der Waals surface area (Å²) < 4.78 is 10.8. The maximum atomic E-state index is 10.9. The second-order valence-corrected chi connectivity index (χ2v) is 5.56. The van der Waals surface area contributed by atoms with Crippen LogP contribution >= 0.6 is 15.9 Å². The number of rotatable bonds is 7. The number of hydrogen-bond acceptors (Lipinski definition) is 5. The minimum Gasteiger partial charge on any atom is -0.503 e. The minimum atomic E-state index is -0.441. The first-order valence-corrected chi connectivity index (χ1v) is 7.53. The number of halogens is 1. The van der Waals surface area contributed by atoms with E-state index in [1.807, 2.05) is 12.1 Å². The van der Waals surface area contributed by atoms with Gasteiger partial charge < -0.3 is 14.3 Å². The fraction of sp³-hybridized carbons (Fsp3) is 0.250. The zero-order chi connectivity index (χ0) is 15.9. The average Bonchev–Trinajstić information content (AvgIpc) is 3.04. The van der Waals surface area contributed by atoms with Crippen molar-refractivity contribution in [1.82, 2.24) is 0 Å². The Morgan fingerprint density at radius 2 is 2.32 bits per heavy atom. The molecular weight excluding hydrogens is 350 g/mol. The highest BCUT2D eigenvalue weighted by Crippen LogP contribution is 2.35. The highest BCUT2D eigenvalue weighted by Gasteiger charge is 2.09. The zero-order valence-corrected chi connectivity index (χ0v) is 13.6. The van der Waals surface area contributed by atoms with Crippen molar-refractivity contribution in [2.75, 3.05) is 7.11 Å². The van der Waals surface area contributed by atoms with E-state index in [0.717, 1.165) is 11.3 Å². The highest BCUT2D eigenvalue weighted by atomic mass is 79.9. The Labute approximate surface area is 136 Å². The number of nitroso groups, excluding NO2 is 1. The molecule has 1 unspecified atom stereocenters. The van der Waals surface area contributed by atoms with Gasteiger partial charge in [-0.15, -0.1) is 0 Å². The second-order valence-electron chi connectivity index (χ2n) is 4.70. The van der Waals surface area contributed by atoms with Crippen molar-refractivity contribution < 1.29 is 14.3 Å². The number of aryl methyl sites for hydroxylation is 1. The summed E-state index contributed by atoms with van der Waals surface area (Å²) in [7, 11) is 1.48. The summed E-state index contributed by atoms with van der Waals surface area (Å²) in [5.41, 5.74) is 0.799. The van der Waals surface area contributed by atoms with Crippen molar-refractivity contribution in [3.8, 4) is 11.5 Å². The minimum absolute atomic E-state index is 0.0440. The third-order valence-corrected chi connectivity index (χ3v) is 3.79. The van der Waals surface area contributed by atoms with Gasteiger partial charge in [0.15, 0.2) is 11.5 Å². The number of methoxy groups -OCH3 is 1. The summed E-state index contributed by atoms with van der Waals surface area (Å²) in [5, 5.41) is 12.9. The molecule has 1 aromatic heterocycles. The molecule has 0 aliphatic carbocycles. The zero-order valence-electron chi connectivity index (χ0n) is 12.0. The van der Waals surface area contributed by atoms with Crippen LogP contribution in [0.1, 0.15) is 17.7 Å². The molecule has 6 heteroatoms. The van der Waals surface area contributed by atoms with Crippen molar-refractivity contribution in [2.45, 2.75) is 18.9 Å². The van der Waals surface area contributed by atoms with Crippen molar-refractivity contribution >= 4 is 22.0 Å². The van der Waals surface area contributed by atoms with Crippen LogP contribution in [0.25, 0.3) is 6.08 Å². The molecule has 22 heavy (non-hydrogen) atoms. The first-order valence-electron chi connectivity index (χ1n) is 6.73. The van der Waals surface area contributed by atoms with Crippen LogP contribution in [-0.4, -0.2) is 18.3 Å². The average molecular weight is 366 g/mol. The molecule has 0 saturated carbocycles. The van der Waals surface area contributed by atoms with Crippen LogP contribution in [0, 0.1) is 4.91 Å². The largest absolute Gasteiger partial charge is 0.503 e. The summed E-state index contributed by atoms with van der Waals surface area (Å²) >= 11 is 3.26. The Morgan fingerprint density at radius 1 is 1.50 bits per heavy atom. The third-order valence-electron chi connectivity index (χ3n) is 3.18. The Hall–Kier alpha value is -2.08. The smallest absolute Gasteiger partial charge is 0.172 e. The molecule has 0 fully saturated rings. The first-order chi connectivity index (χ1) is 10.6. The van der Waals surface area contributed by atoms with Crippen LogP contribution in [0.15, 0.2) is 50.7 Å². The Morgan fingerprint density at radius 3 is 2.95 bits per heavy atom. The molecule has 116 valence electrons. The van der Waals surface area contributed by atoms with Gasteiger partial charge in [-0.25, -0.2) is 0 Å². The van der Waals surface area contributed by atoms with E-state index in [0.29, 0.717) is 23.1 Å². The van der Waals surface area contributed by atoms with Crippen molar-refractivity contribution in [3.63, 3.8) is 0 Å². The highest BCUT2D eigenvalue weighted by molar-refractivity contribution is 9.10. The van der Waals surface area contributed by atoms with Crippen molar-refractivity contribution in [2.24, 2.45) is 5.18 Å². The second kappa shape index (κ2) is 7.79. The monoisotopic (exact) mass is 365 g/mol. The lowest BCUT2D eigenvalue weighted by Crippen LogP contribution is -2.00. The van der Waals surface area contributed by atoms with Crippen LogP contribution in [0.3, 0.4) is 0 Å². The predicted octanol–water partition coefficient (Wildman–Crippen LogP) is 4.54. The molecule has 2 aromatic rings. The molecule has 1 aromatic carbocycles. The van der Waals surface area contributed by atoms with Crippen molar-refractivity contribution in [1.29, 1.82) is 0 Å². The summed E-state index contributed by atoms with van der Waals surface area (Å²) in [6.45, 7) is 0. The van der Waals surface area contributed by atoms with E-state index in [-0.39, 0.29) is 5.75 Å². The topological polar surface area (TPSA) is 72.0 Å². The Kier molecular flexibility index (Phi) is 5.77. The standard InChI is InChI=1S/C16H16BrNO4/c1-21-15-10-11(9-14(17)16(15)19)4-5-12(18-20)6-7-13-3-2-8-22-13/h2-5,8-10,12,19H,6-7H2,1H3. The quantitative estimate of drug-likeness (QED) is 0.731. The summed E-state index contributed by atoms with van der Waals surface area (Å²) in [6, 6.07) is 6.67. The summed E-state index contributed by atoms with van der Waals surface area (Å²) in [5.74, 6) is 1.24. The predicted molar refractivity (Wildman–Crippen MR) is 88.0 cm³/mol.